The van der Waals surface area contributed by atoms with E-state index in [2.05, 4.69) is 6.92 Å². The number of nitrogens with zero attached hydrogens (tertiary/aromatic N) is 1. The lowest BCUT2D eigenvalue weighted by Gasteiger charge is -2.26. The zero-order chi connectivity index (χ0) is 14.4. The van der Waals surface area contributed by atoms with Crippen molar-refractivity contribution in [2.45, 2.75) is 44.8 Å². The Hall–Kier alpha value is -0.940. The molecule has 1 amide bonds. The molecular weight excluding hydrogens is 274 g/mol. The minimum Gasteiger partial charge on any atom is -0.467 e. The molecule has 5 heteroatoms. The van der Waals surface area contributed by atoms with E-state index in [0.29, 0.717) is 17.9 Å². The van der Waals surface area contributed by atoms with Crippen LogP contribution in [0.3, 0.4) is 0 Å². The number of aliphatic hydroxyl groups excluding tert-OH is 1. The molecule has 0 spiro atoms. The molecule has 4 nitrogen and oxygen atoms in total. The van der Waals surface area contributed by atoms with Crippen LogP contribution in [-0.4, -0.2) is 40.0 Å². The average molecular weight is 297 g/mol. The monoisotopic (exact) mass is 297 g/mol. The van der Waals surface area contributed by atoms with Gasteiger partial charge >= 0.3 is 0 Å². The number of amides is 1. The minimum absolute atomic E-state index is 0.143. The summed E-state index contributed by atoms with van der Waals surface area (Å²) in [7, 11) is 0. The van der Waals surface area contributed by atoms with Gasteiger partial charge in [0, 0.05) is 19.0 Å². The van der Waals surface area contributed by atoms with Crippen LogP contribution in [0.5, 0.6) is 0 Å². The summed E-state index contributed by atoms with van der Waals surface area (Å²) in [6, 6.07) is 3.70. The molecule has 1 saturated heterocycles. The third-order valence-corrected chi connectivity index (χ3v) is 4.79. The normalized spacial score (nSPS) is 20.3. The molecule has 20 heavy (non-hydrogen) atoms. The molecular formula is C15H23NO3S. The summed E-state index contributed by atoms with van der Waals surface area (Å²) in [5.41, 5.74) is 0. The molecule has 112 valence electrons. The molecule has 1 N–H and O–H groups in total. The molecule has 0 saturated carbocycles. The number of furan rings is 1. The van der Waals surface area contributed by atoms with Crippen LogP contribution in [0.4, 0.5) is 0 Å². The molecule has 1 aliphatic heterocycles. The Kier molecular flexibility index (Phi) is 5.98. The van der Waals surface area contributed by atoms with Crippen LogP contribution in [0.15, 0.2) is 22.8 Å². The van der Waals surface area contributed by atoms with Gasteiger partial charge in [-0.2, -0.15) is 11.8 Å². The maximum absolute atomic E-state index is 12.2. The quantitative estimate of drug-likeness (QED) is 0.786. The van der Waals surface area contributed by atoms with Gasteiger partial charge in [0.1, 0.15) is 11.9 Å². The number of thioether (sulfide) groups is 1. The first-order chi connectivity index (χ1) is 9.72. The second-order valence-electron chi connectivity index (χ2n) is 5.20. The second-order valence-corrected chi connectivity index (χ2v) is 6.31. The first kappa shape index (κ1) is 15.4. The van der Waals surface area contributed by atoms with Crippen molar-refractivity contribution in [1.82, 2.24) is 4.90 Å². The van der Waals surface area contributed by atoms with Gasteiger partial charge in [-0.3, -0.25) is 4.79 Å². The standard InChI is InChI=1S/C15H23NO3S/c1-2-9-20-11-15(18)16-7-3-5-12(16)10-13(17)14-6-4-8-19-14/h4,6,8,12-13,17H,2-3,5,7,9-11H2,1H3. The highest BCUT2D eigenvalue weighted by atomic mass is 32.2. The van der Waals surface area contributed by atoms with E-state index in [0.717, 1.165) is 31.6 Å². The SMILES string of the molecule is CCCSCC(=O)N1CCCC1CC(O)c1ccco1. The molecule has 1 aliphatic rings. The fourth-order valence-corrected chi connectivity index (χ4v) is 3.42. The highest BCUT2D eigenvalue weighted by Crippen LogP contribution is 2.28. The highest BCUT2D eigenvalue weighted by Gasteiger charge is 2.30. The summed E-state index contributed by atoms with van der Waals surface area (Å²) < 4.78 is 5.22. The summed E-state index contributed by atoms with van der Waals surface area (Å²) in [5, 5.41) is 10.1. The number of rotatable bonds is 7. The van der Waals surface area contributed by atoms with Gasteiger partial charge in [0.25, 0.3) is 0 Å². The first-order valence-corrected chi connectivity index (χ1v) is 8.46. The van der Waals surface area contributed by atoms with Crippen LogP contribution in [-0.2, 0) is 4.79 Å². The van der Waals surface area contributed by atoms with Crippen molar-refractivity contribution < 1.29 is 14.3 Å². The Balaban J connectivity index is 1.85. The molecule has 0 radical (unpaired) electrons. The maximum atomic E-state index is 12.2. The van der Waals surface area contributed by atoms with Gasteiger partial charge in [-0.25, -0.2) is 0 Å². The first-order valence-electron chi connectivity index (χ1n) is 7.31. The molecule has 0 aliphatic carbocycles. The van der Waals surface area contributed by atoms with Crippen LogP contribution in [0.1, 0.15) is 44.5 Å². The Labute approximate surface area is 124 Å². The lowest BCUT2D eigenvalue weighted by atomic mass is 10.1. The molecule has 0 aromatic carbocycles. The van der Waals surface area contributed by atoms with E-state index in [1.807, 2.05) is 4.90 Å². The van der Waals surface area contributed by atoms with E-state index < -0.39 is 6.10 Å². The smallest absolute Gasteiger partial charge is 0.232 e. The zero-order valence-corrected chi connectivity index (χ0v) is 12.8. The van der Waals surface area contributed by atoms with E-state index in [9.17, 15) is 9.90 Å². The predicted octanol–water partition coefficient (Wildman–Crippen LogP) is 2.84. The molecule has 2 atom stereocenters. The predicted molar refractivity (Wildman–Crippen MR) is 80.6 cm³/mol. The Bertz CT molecular complexity index is 407. The third-order valence-electron chi connectivity index (χ3n) is 3.64. The van der Waals surface area contributed by atoms with E-state index >= 15 is 0 Å². The number of hydrogen-bond donors (Lipinski definition) is 1. The van der Waals surface area contributed by atoms with Crippen molar-refractivity contribution >= 4 is 17.7 Å². The molecule has 0 bridgehead atoms. The fourth-order valence-electron chi connectivity index (χ4n) is 2.65. The van der Waals surface area contributed by atoms with Gasteiger partial charge in [0.2, 0.25) is 5.91 Å². The molecule has 1 aromatic rings. The maximum Gasteiger partial charge on any atom is 0.232 e. The molecule has 2 unspecified atom stereocenters. The van der Waals surface area contributed by atoms with Crippen molar-refractivity contribution in [3.05, 3.63) is 24.2 Å². The van der Waals surface area contributed by atoms with Gasteiger partial charge < -0.3 is 14.4 Å². The fraction of sp³-hybridized carbons (Fsp3) is 0.667. The largest absolute Gasteiger partial charge is 0.467 e. The lowest BCUT2D eigenvalue weighted by Crippen LogP contribution is -2.37. The number of aliphatic hydroxyl groups is 1. The minimum atomic E-state index is -0.619. The van der Waals surface area contributed by atoms with Gasteiger partial charge in [-0.15, -0.1) is 0 Å². The summed E-state index contributed by atoms with van der Waals surface area (Å²) in [4.78, 5) is 14.1. The number of carbonyl (C=O) groups is 1. The number of carbonyl (C=O) groups excluding carboxylic acids is 1. The Morgan fingerprint density at radius 1 is 1.65 bits per heavy atom. The zero-order valence-electron chi connectivity index (χ0n) is 12.0. The van der Waals surface area contributed by atoms with Crippen molar-refractivity contribution in [2.75, 3.05) is 18.1 Å². The van der Waals surface area contributed by atoms with E-state index in [1.54, 1.807) is 30.2 Å². The van der Waals surface area contributed by atoms with E-state index in [4.69, 9.17) is 4.42 Å². The van der Waals surface area contributed by atoms with Crippen LogP contribution < -0.4 is 0 Å². The number of hydrogen-bond acceptors (Lipinski definition) is 4. The molecule has 1 aromatic heterocycles. The van der Waals surface area contributed by atoms with Gasteiger partial charge in [0.15, 0.2) is 0 Å². The van der Waals surface area contributed by atoms with E-state index in [1.165, 1.54) is 0 Å². The molecule has 1 fully saturated rings. The summed E-state index contributed by atoms with van der Waals surface area (Å²) in [5.74, 6) is 2.38. The third kappa shape index (κ3) is 4.03. The lowest BCUT2D eigenvalue weighted by molar-refractivity contribution is -0.129. The summed E-state index contributed by atoms with van der Waals surface area (Å²) in [6.07, 6.45) is 4.61. The topological polar surface area (TPSA) is 53.7 Å². The molecule has 2 heterocycles. The summed E-state index contributed by atoms with van der Waals surface area (Å²) >= 11 is 1.69. The number of likely N-dealkylation sites (tertiary alicyclic amines) is 1. The average Bonchev–Trinajstić information content (AvgIpc) is 3.09. The highest BCUT2D eigenvalue weighted by molar-refractivity contribution is 7.99. The molecule has 2 rings (SSSR count). The Morgan fingerprint density at radius 3 is 3.20 bits per heavy atom. The van der Waals surface area contributed by atoms with Crippen LogP contribution in [0.2, 0.25) is 0 Å². The van der Waals surface area contributed by atoms with Gasteiger partial charge in [-0.05, 0) is 37.1 Å². The van der Waals surface area contributed by atoms with Crippen molar-refractivity contribution in [3.63, 3.8) is 0 Å². The van der Waals surface area contributed by atoms with E-state index in [-0.39, 0.29) is 11.9 Å². The van der Waals surface area contributed by atoms with Crippen LogP contribution in [0.25, 0.3) is 0 Å². The van der Waals surface area contributed by atoms with Gasteiger partial charge in [0.05, 0.1) is 12.0 Å². The van der Waals surface area contributed by atoms with Crippen molar-refractivity contribution in [1.29, 1.82) is 0 Å². The van der Waals surface area contributed by atoms with Crippen molar-refractivity contribution in [2.24, 2.45) is 0 Å². The second kappa shape index (κ2) is 7.74. The summed E-state index contributed by atoms with van der Waals surface area (Å²) in [6.45, 7) is 2.94. The van der Waals surface area contributed by atoms with Crippen molar-refractivity contribution in [3.8, 4) is 0 Å². The van der Waals surface area contributed by atoms with Crippen LogP contribution in [0, 0.1) is 0 Å². The van der Waals surface area contributed by atoms with Crippen LogP contribution >= 0.6 is 11.8 Å². The Morgan fingerprint density at radius 2 is 2.50 bits per heavy atom. The van der Waals surface area contributed by atoms with Gasteiger partial charge in [-0.1, -0.05) is 6.92 Å².